The van der Waals surface area contributed by atoms with Crippen LogP contribution >= 0.6 is 0 Å². The fourth-order valence-corrected chi connectivity index (χ4v) is 1.68. The summed E-state index contributed by atoms with van der Waals surface area (Å²) >= 11 is 0. The Hall–Kier alpha value is -0.650. The van der Waals surface area contributed by atoms with Gasteiger partial charge in [-0.2, -0.15) is 0 Å². The monoisotopic (exact) mass is 202 g/mol. The summed E-state index contributed by atoms with van der Waals surface area (Å²) in [6.07, 6.45) is 0.371. The predicted octanol–water partition coefficient (Wildman–Crippen LogP) is -0.793. The molecule has 0 aromatic rings. The Bertz CT molecular complexity index is 186. The fourth-order valence-electron chi connectivity index (χ4n) is 1.68. The quantitative estimate of drug-likeness (QED) is 0.648. The summed E-state index contributed by atoms with van der Waals surface area (Å²) in [7, 11) is 3.27. The minimum atomic E-state index is -0.0123. The van der Waals surface area contributed by atoms with Crippen LogP contribution in [0.4, 0.5) is 0 Å². The zero-order valence-corrected chi connectivity index (χ0v) is 8.73. The van der Waals surface area contributed by atoms with Crippen molar-refractivity contribution in [3.63, 3.8) is 0 Å². The summed E-state index contributed by atoms with van der Waals surface area (Å²) in [4.78, 5) is 13.2. The van der Waals surface area contributed by atoms with Crippen molar-refractivity contribution in [2.75, 3.05) is 33.9 Å². The lowest BCUT2D eigenvalue weighted by molar-refractivity contribution is -0.130. The Kier molecular flexibility index (Phi) is 4.31. The first kappa shape index (κ1) is 11.4. The van der Waals surface area contributed by atoms with Gasteiger partial charge >= 0.3 is 0 Å². The molecule has 5 nitrogen and oxygen atoms in total. The van der Waals surface area contributed by atoms with Gasteiger partial charge in [0.2, 0.25) is 5.91 Å². The van der Waals surface area contributed by atoms with E-state index in [2.05, 4.69) is 0 Å². The Morgan fingerprint density at radius 2 is 1.86 bits per heavy atom. The smallest absolute Gasteiger partial charge is 0.224 e. The molecule has 0 aromatic heterocycles. The van der Waals surface area contributed by atoms with Crippen molar-refractivity contribution in [1.29, 1.82) is 0 Å². The average Bonchev–Trinajstić information content (AvgIpc) is 2.61. The first-order valence-corrected chi connectivity index (χ1v) is 4.76. The number of carbonyl (C=O) groups is 1. The molecule has 1 amide bonds. The van der Waals surface area contributed by atoms with E-state index in [1.54, 1.807) is 19.1 Å². The second-order valence-electron chi connectivity index (χ2n) is 3.39. The summed E-state index contributed by atoms with van der Waals surface area (Å²) in [6.45, 7) is 1.60. The summed E-state index contributed by atoms with van der Waals surface area (Å²) in [5, 5.41) is 0. The van der Waals surface area contributed by atoms with Crippen molar-refractivity contribution in [3.8, 4) is 0 Å². The molecule has 0 bridgehead atoms. The molecule has 1 aliphatic rings. The summed E-state index contributed by atoms with van der Waals surface area (Å²) < 4.78 is 10.4. The van der Waals surface area contributed by atoms with Crippen LogP contribution in [0.3, 0.4) is 0 Å². The number of likely N-dealkylation sites (tertiary alicyclic amines) is 1. The van der Waals surface area contributed by atoms with E-state index in [4.69, 9.17) is 15.2 Å². The number of methoxy groups -OCH3 is 2. The fraction of sp³-hybridized carbons (Fsp3) is 0.889. The molecule has 1 fully saturated rings. The van der Waals surface area contributed by atoms with Gasteiger partial charge in [0.15, 0.2) is 0 Å². The van der Waals surface area contributed by atoms with Crippen LogP contribution in [0.15, 0.2) is 0 Å². The Labute approximate surface area is 84.1 Å². The van der Waals surface area contributed by atoms with Gasteiger partial charge in [-0.15, -0.1) is 0 Å². The van der Waals surface area contributed by atoms with E-state index in [1.807, 2.05) is 0 Å². The molecule has 14 heavy (non-hydrogen) atoms. The number of hydrogen-bond donors (Lipinski definition) is 1. The number of ether oxygens (including phenoxy) is 2. The van der Waals surface area contributed by atoms with Crippen LogP contribution in [0.1, 0.15) is 6.42 Å². The maximum atomic E-state index is 11.5. The van der Waals surface area contributed by atoms with Crippen molar-refractivity contribution in [2.45, 2.75) is 18.6 Å². The topological polar surface area (TPSA) is 64.8 Å². The van der Waals surface area contributed by atoms with Crippen LogP contribution < -0.4 is 5.73 Å². The highest BCUT2D eigenvalue weighted by molar-refractivity contribution is 5.76. The molecule has 0 aliphatic carbocycles. The molecular formula is C9H18N2O3. The van der Waals surface area contributed by atoms with Crippen molar-refractivity contribution in [1.82, 2.24) is 4.90 Å². The Morgan fingerprint density at radius 3 is 2.21 bits per heavy atom. The Morgan fingerprint density at radius 1 is 1.36 bits per heavy atom. The second kappa shape index (κ2) is 5.29. The van der Waals surface area contributed by atoms with Crippen molar-refractivity contribution < 1.29 is 14.3 Å². The molecule has 5 heteroatoms. The molecule has 1 rings (SSSR count). The lowest BCUT2D eigenvalue weighted by Gasteiger charge is -2.14. The van der Waals surface area contributed by atoms with Gasteiger partial charge in [0.05, 0.1) is 0 Å². The van der Waals surface area contributed by atoms with Gasteiger partial charge < -0.3 is 20.1 Å². The van der Waals surface area contributed by atoms with Crippen LogP contribution in [-0.4, -0.2) is 56.9 Å². The first-order chi connectivity index (χ1) is 6.72. The summed E-state index contributed by atoms with van der Waals surface area (Å²) in [5.41, 5.74) is 5.32. The highest BCUT2D eigenvalue weighted by Crippen LogP contribution is 2.16. The lowest BCUT2D eigenvalue weighted by Crippen LogP contribution is -2.31. The van der Waals surface area contributed by atoms with Crippen LogP contribution in [0.5, 0.6) is 0 Å². The molecule has 1 heterocycles. The minimum Gasteiger partial charge on any atom is -0.377 e. The normalized spacial score (nSPS) is 26.9. The Balaban J connectivity index is 2.48. The molecule has 1 saturated heterocycles. The van der Waals surface area contributed by atoms with Crippen molar-refractivity contribution >= 4 is 5.91 Å². The van der Waals surface area contributed by atoms with E-state index in [0.717, 1.165) is 0 Å². The second-order valence-corrected chi connectivity index (χ2v) is 3.39. The van der Waals surface area contributed by atoms with Gasteiger partial charge in [0, 0.05) is 40.3 Å². The van der Waals surface area contributed by atoms with E-state index in [1.165, 1.54) is 0 Å². The van der Waals surface area contributed by atoms with Crippen LogP contribution in [0.25, 0.3) is 0 Å². The van der Waals surface area contributed by atoms with E-state index in [0.29, 0.717) is 26.1 Å². The molecule has 1 aliphatic heterocycles. The van der Waals surface area contributed by atoms with E-state index < -0.39 is 0 Å². The highest BCUT2D eigenvalue weighted by atomic mass is 16.5. The molecule has 0 radical (unpaired) electrons. The number of nitrogens with zero attached hydrogens (tertiary/aromatic N) is 1. The third-order valence-corrected chi connectivity index (χ3v) is 2.53. The molecule has 82 valence electrons. The predicted molar refractivity (Wildman–Crippen MR) is 51.8 cm³/mol. The number of carbonyl (C=O) groups excluding carboxylic acids is 1. The largest absolute Gasteiger partial charge is 0.377 e. The third kappa shape index (κ3) is 2.43. The van der Waals surface area contributed by atoms with Crippen molar-refractivity contribution in [2.24, 2.45) is 5.73 Å². The van der Waals surface area contributed by atoms with Gasteiger partial charge in [-0.05, 0) is 0 Å². The minimum absolute atomic E-state index is 0.0123. The van der Waals surface area contributed by atoms with Crippen LogP contribution in [0.2, 0.25) is 0 Å². The number of nitrogens with two attached hydrogens (primary N) is 1. The third-order valence-electron chi connectivity index (χ3n) is 2.53. The highest BCUT2D eigenvalue weighted by Gasteiger charge is 2.34. The molecule has 2 N–H and O–H groups in total. The van der Waals surface area contributed by atoms with Gasteiger partial charge in [-0.25, -0.2) is 0 Å². The maximum absolute atomic E-state index is 11.5. The van der Waals surface area contributed by atoms with E-state index in [9.17, 15) is 4.79 Å². The van der Waals surface area contributed by atoms with E-state index in [-0.39, 0.29) is 18.1 Å². The van der Waals surface area contributed by atoms with E-state index >= 15 is 0 Å². The van der Waals surface area contributed by atoms with Gasteiger partial charge in [0.1, 0.15) is 12.2 Å². The molecule has 0 aromatic carbocycles. The molecule has 0 saturated carbocycles. The zero-order chi connectivity index (χ0) is 10.6. The first-order valence-electron chi connectivity index (χ1n) is 4.76. The van der Waals surface area contributed by atoms with Crippen molar-refractivity contribution in [3.05, 3.63) is 0 Å². The molecule has 0 spiro atoms. The lowest BCUT2D eigenvalue weighted by atomic mass is 10.3. The summed E-state index contributed by atoms with van der Waals surface area (Å²) in [6, 6.07) is 0. The van der Waals surface area contributed by atoms with Crippen LogP contribution in [0, 0.1) is 0 Å². The SMILES string of the molecule is CO[C@H]1CN(C(=O)CCN)C[C@@H]1OC. The summed E-state index contributed by atoms with van der Waals surface area (Å²) in [5.74, 6) is 0.0779. The van der Waals surface area contributed by atoms with Gasteiger partial charge in [-0.1, -0.05) is 0 Å². The molecule has 2 atom stereocenters. The van der Waals surface area contributed by atoms with Gasteiger partial charge in [-0.3, -0.25) is 4.79 Å². The molecular weight excluding hydrogens is 184 g/mol. The standard InChI is InChI=1S/C9H18N2O3/c1-13-7-5-11(6-8(7)14-2)9(12)3-4-10/h7-8H,3-6,10H2,1-2H3/t7-,8-/m0/s1. The zero-order valence-electron chi connectivity index (χ0n) is 8.73. The average molecular weight is 202 g/mol. The van der Waals surface area contributed by atoms with Crippen LogP contribution in [-0.2, 0) is 14.3 Å². The number of amides is 1. The molecule has 0 unspecified atom stereocenters. The number of rotatable bonds is 4. The maximum Gasteiger partial charge on any atom is 0.224 e. The van der Waals surface area contributed by atoms with Gasteiger partial charge in [0.25, 0.3) is 0 Å². The number of hydrogen-bond acceptors (Lipinski definition) is 4.